The van der Waals surface area contributed by atoms with Crippen molar-refractivity contribution in [3.05, 3.63) is 114 Å². The lowest BCUT2D eigenvalue weighted by atomic mass is 9.95. The molecule has 45 nitrogen and oxygen atoms in total. The number of rotatable bonds is 30. The molecule has 0 unspecified atom stereocenters. The molecule has 0 aliphatic carbocycles. The number of imidazole rings is 1. The third-order valence-corrected chi connectivity index (χ3v) is 26.4. The number of aliphatic carboxylic acids is 3. The van der Waals surface area contributed by atoms with Crippen molar-refractivity contribution in [3.63, 3.8) is 0 Å². The van der Waals surface area contributed by atoms with Crippen LogP contribution in [0.2, 0.25) is 0 Å². The van der Waals surface area contributed by atoms with Gasteiger partial charge < -0.3 is 130 Å². The summed E-state index contributed by atoms with van der Waals surface area (Å²) in [6, 6.07) is -3.35. The van der Waals surface area contributed by atoms with Gasteiger partial charge in [0.2, 0.25) is 82.7 Å². The maximum absolute atomic E-state index is 16.0. The molecule has 4 aliphatic rings. The lowest BCUT2D eigenvalue weighted by molar-refractivity contribution is -0.149. The number of nitrogens with two attached hydrogens (primary N) is 3. The molecule has 4 aliphatic heterocycles. The zero-order valence-electron chi connectivity index (χ0n) is 78.6. The number of carboxylic acids is 3. The van der Waals surface area contributed by atoms with Crippen LogP contribution in [0.5, 0.6) is 5.75 Å². The average Bonchev–Trinajstić information content (AvgIpc) is 1.53. The van der Waals surface area contributed by atoms with Crippen LogP contribution in [0.1, 0.15) is 146 Å². The van der Waals surface area contributed by atoms with E-state index in [1.54, 1.807) is 66.9 Å². The Morgan fingerprint density at radius 3 is 1.87 bits per heavy atom. The molecule has 22 N–H and O–H groups in total. The molecule has 0 radical (unpaired) electrons. The highest BCUT2D eigenvalue weighted by molar-refractivity contribution is 8.00. The highest BCUT2D eigenvalue weighted by Gasteiger charge is 2.48. The monoisotopic (exact) mass is 1950 g/mol. The summed E-state index contributed by atoms with van der Waals surface area (Å²) >= 11 is 0.929. The van der Waals surface area contributed by atoms with Gasteiger partial charge in [0.25, 0.3) is 5.91 Å². The minimum Gasteiger partial charge on any atom is -0.497 e. The number of aliphatic hydroxyl groups excluding tert-OH is 1. The van der Waals surface area contributed by atoms with Crippen molar-refractivity contribution in [2.24, 2.45) is 17.2 Å². The Kier molecular flexibility index (Phi) is 39.6. The summed E-state index contributed by atoms with van der Waals surface area (Å²) in [5.41, 5.74) is 20.4. The molecule has 15 atom stereocenters. The molecule has 3 fully saturated rings. The van der Waals surface area contributed by atoms with E-state index < -0.39 is 255 Å². The fourth-order valence-corrected chi connectivity index (χ4v) is 18.8. The lowest BCUT2D eigenvalue weighted by Gasteiger charge is -2.38. The lowest BCUT2D eigenvalue weighted by Crippen LogP contribution is -2.61. The van der Waals surface area contributed by atoms with Crippen LogP contribution in [-0.4, -0.2) is 329 Å². The molecule has 10 rings (SSSR count). The summed E-state index contributed by atoms with van der Waals surface area (Å²) in [4.78, 5) is 278. The number of carbonyl (C=O) groups is 18. The van der Waals surface area contributed by atoms with Crippen molar-refractivity contribution in [1.82, 2.24) is 92.3 Å². The maximum atomic E-state index is 16.0. The SMILES string of the molecule is CCCC[C@H]1C(=O)N(C)[C@@H](CCCC)C(=O)N[C@@H](CCC(=O)O)C(=O)N[C@H](CNCC(N)=O)CSCC(=O)N[C@H]2Cc3ccc(OC)cc3N(C2=O)[C@@H](C)C(=O)N[C@@H](CC(=O)O)C(=O)N2CCC[C@H]2C(=O)N[C@@H](Cc2c[nH]cn2)C(=O)N[C@@H](CCCCN)C(=O)N2C[C@H](O)C[C@H]2C(=O)N[C@@H](Cc2c[nH]c3ccccc23)C(=O)N[C@@H](CCN)C(=O)N[C@@H](Cc2cn(CC(=O)O)c3ccccc23)C(=O)N1C. The zero-order chi connectivity index (χ0) is 101. The number of ether oxygens (including phenoxy) is 1. The number of nitrogens with zero attached hydrogens (tertiary/aromatic N) is 7. The number of methoxy groups -OCH3 is 1. The first-order valence-corrected chi connectivity index (χ1v) is 47.9. The largest absolute Gasteiger partial charge is 0.497 e. The van der Waals surface area contributed by atoms with Gasteiger partial charge in [-0.05, 0) is 113 Å². The number of hydrogen-bond acceptors (Lipinski definition) is 25. The number of primary amides is 1. The van der Waals surface area contributed by atoms with Gasteiger partial charge >= 0.3 is 17.9 Å². The normalized spacial score (nSPS) is 24.6. The van der Waals surface area contributed by atoms with Gasteiger partial charge in [0, 0.05) is 124 Å². The molecule has 3 aromatic heterocycles. The Balaban J connectivity index is 1.04. The Morgan fingerprint density at radius 1 is 0.583 bits per heavy atom. The van der Waals surface area contributed by atoms with Gasteiger partial charge in [-0.2, -0.15) is 0 Å². The highest BCUT2D eigenvalue weighted by Crippen LogP contribution is 2.35. The number of anilines is 1. The standard InChI is InChI=1S/C93H128N22O23S/c1-7-9-22-71-86(130)104-62(28-29-78(119)120)82(126)101-56(43-97-44-76(96)117)48-139-49-77(118)102-68-34-52-26-27-58(138-6)39-74(52)115(92(68)136)51(3)81(125)108-69(40-79(121)122)91(135)113-33-17-25-72(113)87(131)107-66(37-55-42-98-50-100-55)85(129)105-64(21-15-16-31-94)90(134)114-46-57(116)38-75(114)88(132)106-65(35-53-41-99-61-20-13-11-18-59(53)61)84(128)103-63(30-32-95)83(127)109-67(89(133)111(5)73(23-10-8-2)93(137)110(71)4)36-54-45-112(47-80(123)124)70-24-14-12-19-60(54)70/h11-14,18-20,24,26-27,39,41-42,45,50-51,56-57,62-69,71-73,75,97,99,116H,7-10,15-17,21-23,25,28-38,40,43-44,46-49,94-95H2,1-6H3,(H2,96,117)(H,98,100)(H,101,126)(H,102,118)(H,103,128)(H,104,130)(H,105,129)(H,106,132)(H,107,131)(H,108,125)(H,109,127)(H,119,120)(H,121,122)(H,123,124)/t51-,56+,57+,62-,63-,64-,65-,66-,67-,68-,69-,71-,72-,73-,75-/m0/s1. The van der Waals surface area contributed by atoms with Gasteiger partial charge in [0.15, 0.2) is 0 Å². The smallest absolute Gasteiger partial charge is 0.323 e. The van der Waals surface area contributed by atoms with E-state index in [0.717, 1.165) is 36.3 Å². The van der Waals surface area contributed by atoms with Crippen molar-refractivity contribution in [2.75, 3.05) is 76.9 Å². The number of carbonyl (C=O) groups excluding carboxylic acids is 15. The molecule has 0 spiro atoms. The zero-order valence-corrected chi connectivity index (χ0v) is 79.5. The van der Waals surface area contributed by atoms with Crippen LogP contribution in [0.3, 0.4) is 0 Å². The van der Waals surface area contributed by atoms with Crippen LogP contribution in [-0.2, 0) is 119 Å². The van der Waals surface area contributed by atoms with Crippen molar-refractivity contribution in [1.29, 1.82) is 0 Å². The van der Waals surface area contributed by atoms with Crippen molar-refractivity contribution in [2.45, 2.75) is 246 Å². The quantitative estimate of drug-likeness (QED) is 0.0216. The fourth-order valence-electron chi connectivity index (χ4n) is 18.0. The number of para-hydroxylation sites is 2. The number of carboxylic acid groups (broad SMARTS) is 3. The number of thioether (sulfide) groups is 1. The third kappa shape index (κ3) is 28.8. The van der Waals surface area contributed by atoms with Crippen molar-refractivity contribution < 1.29 is 111 Å². The van der Waals surface area contributed by atoms with Crippen molar-refractivity contribution in [3.8, 4) is 5.75 Å². The highest BCUT2D eigenvalue weighted by atomic mass is 32.2. The molecule has 46 heteroatoms. The van der Waals surface area contributed by atoms with E-state index in [1.165, 1.54) is 57.5 Å². The number of benzene rings is 3. The number of nitrogens with one attached hydrogen (secondary N) is 12. The van der Waals surface area contributed by atoms with Crippen LogP contribution in [0.4, 0.5) is 5.69 Å². The molecule has 3 saturated heterocycles. The topological polar surface area (TPSA) is 661 Å². The molecule has 0 saturated carbocycles. The number of hydrogen-bond donors (Lipinski definition) is 19. The predicted octanol–water partition coefficient (Wildman–Crippen LogP) is -2.07. The van der Waals surface area contributed by atoms with E-state index in [4.69, 9.17) is 21.9 Å². The second-order valence-electron chi connectivity index (χ2n) is 35.4. The number of amides is 15. The number of aliphatic hydroxyl groups is 1. The molecular weight excluding hydrogens is 1830 g/mol. The van der Waals surface area contributed by atoms with E-state index in [0.29, 0.717) is 70.6 Å². The van der Waals surface area contributed by atoms with Crippen LogP contribution in [0.25, 0.3) is 21.8 Å². The van der Waals surface area contributed by atoms with Gasteiger partial charge in [-0.3, -0.25) is 91.2 Å². The summed E-state index contributed by atoms with van der Waals surface area (Å²) in [6.07, 6.45) is 2.09. The number of aromatic amines is 2. The van der Waals surface area contributed by atoms with Gasteiger partial charge in [-0.25, -0.2) is 4.98 Å². The molecule has 754 valence electrons. The van der Waals surface area contributed by atoms with Gasteiger partial charge in [0.05, 0.1) is 55.7 Å². The Hall–Kier alpha value is -13.6. The minimum absolute atomic E-state index is 0.0523. The summed E-state index contributed by atoms with van der Waals surface area (Å²) in [6.45, 7) is 2.94. The number of aromatic nitrogens is 4. The van der Waals surface area contributed by atoms with Gasteiger partial charge in [0.1, 0.15) is 90.8 Å². The first-order chi connectivity index (χ1) is 66.4. The summed E-state index contributed by atoms with van der Waals surface area (Å²) in [5, 5.41) is 70.5. The minimum atomic E-state index is -1.92. The summed E-state index contributed by atoms with van der Waals surface area (Å²) in [7, 11) is 3.98. The number of H-pyrrole nitrogens is 2. The second-order valence-corrected chi connectivity index (χ2v) is 36.4. The average molecular weight is 1950 g/mol. The Bertz CT molecular complexity index is 5420. The Morgan fingerprint density at radius 2 is 1.20 bits per heavy atom. The molecular formula is C93H128N22O23S. The van der Waals surface area contributed by atoms with E-state index in [9.17, 15) is 58.8 Å². The van der Waals surface area contributed by atoms with Crippen LogP contribution < -0.4 is 80.0 Å². The van der Waals surface area contributed by atoms with E-state index in [2.05, 4.69) is 68.1 Å². The number of likely N-dealkylation sites (N-methyl/N-ethyl adjacent to an activating group) is 2. The maximum Gasteiger partial charge on any atom is 0.323 e. The molecule has 3 aromatic carbocycles. The number of unbranched alkanes of at least 4 members (excludes halogenated alkanes) is 3. The van der Waals surface area contributed by atoms with Crippen molar-refractivity contribution >= 4 is 146 Å². The predicted molar refractivity (Wildman–Crippen MR) is 507 cm³/mol. The van der Waals surface area contributed by atoms with E-state index in [1.807, 2.05) is 13.8 Å². The van der Waals surface area contributed by atoms with Crippen LogP contribution in [0, 0.1) is 0 Å². The second kappa shape index (κ2) is 51.2. The molecule has 15 amide bonds. The van der Waals surface area contributed by atoms with E-state index in [-0.39, 0.29) is 113 Å². The molecule has 6 aromatic rings. The van der Waals surface area contributed by atoms with Crippen LogP contribution >= 0.6 is 11.8 Å². The molecule has 7 heterocycles. The fraction of sp³-hybridized carbons (Fsp3) is 0.538. The molecule has 139 heavy (non-hydrogen) atoms. The van der Waals surface area contributed by atoms with Gasteiger partial charge in [-0.15, -0.1) is 11.8 Å². The van der Waals surface area contributed by atoms with Crippen LogP contribution in [0.15, 0.2) is 91.6 Å². The third-order valence-electron chi connectivity index (χ3n) is 25.3. The summed E-state index contributed by atoms with van der Waals surface area (Å²) in [5.74, 6) is -18.4. The first-order valence-electron chi connectivity index (χ1n) is 46.7. The van der Waals surface area contributed by atoms with E-state index >= 15 is 47.9 Å². The first kappa shape index (κ1) is 107. The Labute approximate surface area is 805 Å². The molecule has 2 bridgehead atoms. The number of fused-ring (bicyclic) bond motifs is 8. The van der Waals surface area contributed by atoms with Gasteiger partial charge in [-0.1, -0.05) is 82.0 Å². The summed E-state index contributed by atoms with van der Waals surface area (Å²) < 4.78 is 6.94.